The van der Waals surface area contributed by atoms with Gasteiger partial charge in [0.2, 0.25) is 0 Å². The summed E-state index contributed by atoms with van der Waals surface area (Å²) in [6.07, 6.45) is 1.56. The third kappa shape index (κ3) is 5.52. The average Bonchev–Trinajstić information content (AvgIpc) is 2.97. The summed E-state index contributed by atoms with van der Waals surface area (Å²) in [4.78, 5) is 37.3. The maximum absolute atomic E-state index is 12.8. The third-order valence-electron chi connectivity index (χ3n) is 4.17. The highest BCUT2D eigenvalue weighted by atomic mass is 35.5. The first-order valence-corrected chi connectivity index (χ1v) is 10.7. The molecule has 1 saturated heterocycles. The first-order chi connectivity index (χ1) is 14.8. The molecule has 10 heteroatoms. The van der Waals surface area contributed by atoms with Crippen molar-refractivity contribution in [3.8, 4) is 11.5 Å². The first kappa shape index (κ1) is 23.0. The number of hydrogen-bond donors (Lipinski definition) is 1. The van der Waals surface area contributed by atoms with Gasteiger partial charge in [0.1, 0.15) is 0 Å². The number of amides is 2. The molecule has 0 spiro atoms. The van der Waals surface area contributed by atoms with Crippen LogP contribution >= 0.6 is 35.0 Å². The Bertz CT molecular complexity index is 1050. The summed E-state index contributed by atoms with van der Waals surface area (Å²) in [6, 6.07) is 9.76. The Morgan fingerprint density at radius 3 is 2.48 bits per heavy atom. The number of carboxylic acid groups (broad SMARTS) is 1. The second-order valence-electron chi connectivity index (χ2n) is 6.29. The van der Waals surface area contributed by atoms with Gasteiger partial charge < -0.3 is 14.6 Å². The molecule has 0 aliphatic carbocycles. The zero-order valence-corrected chi connectivity index (χ0v) is 18.6. The smallest absolute Gasteiger partial charge is 0.341 e. The maximum atomic E-state index is 12.8. The largest absolute Gasteiger partial charge is 0.490 e. The van der Waals surface area contributed by atoms with E-state index in [1.807, 2.05) is 0 Å². The number of rotatable bonds is 8. The van der Waals surface area contributed by atoms with Gasteiger partial charge in [0, 0.05) is 15.6 Å². The Labute approximate surface area is 192 Å². The summed E-state index contributed by atoms with van der Waals surface area (Å²) in [6.45, 7) is 1.57. The third-order valence-corrected chi connectivity index (χ3v) is 5.78. The van der Waals surface area contributed by atoms with E-state index in [2.05, 4.69) is 0 Å². The Balaban J connectivity index is 1.83. The minimum absolute atomic E-state index is 0.0350. The maximum Gasteiger partial charge on any atom is 0.341 e. The SMILES string of the molecule is CCOc1cc(/C=C2\SC(=O)N(Cc3c(Cl)cccc3Cl)C2=O)ccc1OCC(=O)O. The van der Waals surface area contributed by atoms with Gasteiger partial charge in [-0.2, -0.15) is 0 Å². The zero-order valence-electron chi connectivity index (χ0n) is 16.3. The number of carboxylic acids is 1. The summed E-state index contributed by atoms with van der Waals surface area (Å²) in [5.41, 5.74) is 1.08. The fourth-order valence-electron chi connectivity index (χ4n) is 2.77. The lowest BCUT2D eigenvalue weighted by atomic mass is 10.1. The molecule has 1 N–H and O–H groups in total. The number of nitrogens with zero attached hydrogens (tertiary/aromatic N) is 1. The normalized spacial score (nSPS) is 14.9. The minimum atomic E-state index is -1.11. The quantitative estimate of drug-likeness (QED) is 0.524. The molecule has 0 bridgehead atoms. The summed E-state index contributed by atoms with van der Waals surface area (Å²) >= 11 is 13.1. The highest BCUT2D eigenvalue weighted by molar-refractivity contribution is 8.18. The van der Waals surface area contributed by atoms with Crippen LogP contribution in [0.2, 0.25) is 10.0 Å². The van der Waals surface area contributed by atoms with E-state index in [1.165, 1.54) is 0 Å². The van der Waals surface area contributed by atoms with E-state index < -0.39 is 23.7 Å². The Kier molecular flexibility index (Phi) is 7.48. The predicted molar refractivity (Wildman–Crippen MR) is 119 cm³/mol. The van der Waals surface area contributed by atoms with Crippen LogP contribution in [0.1, 0.15) is 18.1 Å². The number of hydrogen-bond acceptors (Lipinski definition) is 6. The predicted octanol–water partition coefficient (Wildman–Crippen LogP) is 5.09. The van der Waals surface area contributed by atoms with Crippen molar-refractivity contribution in [1.29, 1.82) is 0 Å². The van der Waals surface area contributed by atoms with Gasteiger partial charge in [-0.1, -0.05) is 35.3 Å². The molecule has 1 aliphatic heterocycles. The van der Waals surface area contributed by atoms with Crippen molar-refractivity contribution in [3.05, 3.63) is 62.5 Å². The molecular formula is C21H17Cl2NO6S. The van der Waals surface area contributed by atoms with Gasteiger partial charge in [0.25, 0.3) is 11.1 Å². The van der Waals surface area contributed by atoms with E-state index in [0.717, 1.165) is 16.7 Å². The number of benzene rings is 2. The van der Waals surface area contributed by atoms with E-state index in [4.69, 9.17) is 37.8 Å². The average molecular weight is 482 g/mol. The molecule has 0 atom stereocenters. The number of halogens is 2. The number of ether oxygens (including phenoxy) is 2. The van der Waals surface area contributed by atoms with Crippen LogP contribution in [0.5, 0.6) is 11.5 Å². The second kappa shape index (κ2) is 10.1. The minimum Gasteiger partial charge on any atom is -0.490 e. The monoisotopic (exact) mass is 481 g/mol. The fraction of sp³-hybridized carbons (Fsp3) is 0.190. The van der Waals surface area contributed by atoms with Gasteiger partial charge >= 0.3 is 5.97 Å². The molecule has 162 valence electrons. The molecule has 0 unspecified atom stereocenters. The van der Waals surface area contributed by atoms with E-state index in [0.29, 0.717) is 33.5 Å². The molecule has 0 radical (unpaired) electrons. The molecule has 0 aromatic heterocycles. The standard InChI is InChI=1S/C21H17Cl2NO6S/c1-2-29-17-8-12(6-7-16(17)30-11-19(25)26)9-18-20(27)24(21(28)31-18)10-13-14(22)4-3-5-15(13)23/h3-9H,2,10-11H2,1H3,(H,25,26)/b18-9-. The zero-order chi connectivity index (χ0) is 22.5. The van der Waals surface area contributed by atoms with Gasteiger partial charge in [0.05, 0.1) is 18.1 Å². The lowest BCUT2D eigenvalue weighted by Gasteiger charge is -2.14. The van der Waals surface area contributed by atoms with Crippen molar-refractivity contribution in [1.82, 2.24) is 4.90 Å². The molecule has 1 aliphatic rings. The highest BCUT2D eigenvalue weighted by Crippen LogP contribution is 2.37. The fourth-order valence-corrected chi connectivity index (χ4v) is 4.13. The van der Waals surface area contributed by atoms with E-state index >= 15 is 0 Å². The van der Waals surface area contributed by atoms with Crippen molar-refractivity contribution in [2.45, 2.75) is 13.5 Å². The molecule has 2 amide bonds. The van der Waals surface area contributed by atoms with Crippen LogP contribution in [0.4, 0.5) is 4.79 Å². The van der Waals surface area contributed by atoms with Gasteiger partial charge in [0.15, 0.2) is 18.1 Å². The van der Waals surface area contributed by atoms with Crippen LogP contribution in [0.15, 0.2) is 41.3 Å². The van der Waals surface area contributed by atoms with Crippen molar-refractivity contribution in [2.75, 3.05) is 13.2 Å². The van der Waals surface area contributed by atoms with Crippen LogP contribution in [0.3, 0.4) is 0 Å². The van der Waals surface area contributed by atoms with Gasteiger partial charge in [-0.25, -0.2) is 4.79 Å². The number of aliphatic carboxylic acids is 1. The molecular weight excluding hydrogens is 465 g/mol. The molecule has 3 rings (SSSR count). The molecule has 7 nitrogen and oxygen atoms in total. The van der Waals surface area contributed by atoms with E-state index in [9.17, 15) is 14.4 Å². The van der Waals surface area contributed by atoms with Gasteiger partial charge in [-0.15, -0.1) is 0 Å². The summed E-state index contributed by atoms with van der Waals surface area (Å²) < 4.78 is 10.7. The topological polar surface area (TPSA) is 93.1 Å². The number of thioether (sulfide) groups is 1. The van der Waals surface area contributed by atoms with Crippen LogP contribution in [0, 0.1) is 0 Å². The number of imide groups is 1. The Morgan fingerprint density at radius 2 is 1.84 bits per heavy atom. The van der Waals surface area contributed by atoms with Crippen LogP contribution in [-0.2, 0) is 16.1 Å². The van der Waals surface area contributed by atoms with E-state index in [-0.39, 0.29) is 17.2 Å². The molecule has 0 saturated carbocycles. The number of carbonyl (C=O) groups excluding carboxylic acids is 2. The Hall–Kier alpha value is -2.68. The molecule has 1 fully saturated rings. The Morgan fingerprint density at radius 1 is 1.13 bits per heavy atom. The van der Waals surface area contributed by atoms with Gasteiger partial charge in [-0.3, -0.25) is 14.5 Å². The molecule has 31 heavy (non-hydrogen) atoms. The molecule has 2 aromatic carbocycles. The van der Waals surface area contributed by atoms with Crippen LogP contribution in [0.25, 0.3) is 6.08 Å². The highest BCUT2D eigenvalue weighted by Gasteiger charge is 2.35. The van der Waals surface area contributed by atoms with Crippen molar-refractivity contribution < 1.29 is 29.0 Å². The number of carbonyl (C=O) groups is 3. The van der Waals surface area contributed by atoms with Crippen molar-refractivity contribution in [3.63, 3.8) is 0 Å². The van der Waals surface area contributed by atoms with E-state index in [1.54, 1.807) is 49.4 Å². The van der Waals surface area contributed by atoms with Crippen LogP contribution < -0.4 is 9.47 Å². The lowest BCUT2D eigenvalue weighted by Crippen LogP contribution is -2.27. The molecule has 2 aromatic rings. The van der Waals surface area contributed by atoms with Crippen molar-refractivity contribution >= 4 is 58.2 Å². The second-order valence-corrected chi connectivity index (χ2v) is 8.10. The first-order valence-electron chi connectivity index (χ1n) is 9.09. The van der Waals surface area contributed by atoms with Gasteiger partial charge in [-0.05, 0) is 54.6 Å². The lowest BCUT2D eigenvalue weighted by molar-refractivity contribution is -0.139. The summed E-state index contributed by atoms with van der Waals surface area (Å²) in [7, 11) is 0. The van der Waals surface area contributed by atoms with Crippen LogP contribution in [-0.4, -0.2) is 40.3 Å². The summed E-state index contributed by atoms with van der Waals surface area (Å²) in [5, 5.41) is 9.10. The molecule has 1 heterocycles. The van der Waals surface area contributed by atoms with Crippen molar-refractivity contribution in [2.24, 2.45) is 0 Å². The summed E-state index contributed by atoms with van der Waals surface area (Å²) in [5.74, 6) is -0.976.